The van der Waals surface area contributed by atoms with Crippen LogP contribution in [0.15, 0.2) is 10.5 Å². The highest BCUT2D eigenvalue weighted by atomic mass is 79.9. The van der Waals surface area contributed by atoms with Gasteiger partial charge in [0.05, 0.1) is 15.1 Å². The van der Waals surface area contributed by atoms with E-state index in [4.69, 9.17) is 11.6 Å². The zero-order valence-corrected chi connectivity index (χ0v) is 7.99. The second kappa shape index (κ2) is 3.41. The smallest absolute Gasteiger partial charge is 0.155 e. The van der Waals surface area contributed by atoms with Crippen LogP contribution in [0.25, 0.3) is 0 Å². The molecular formula is C7H3BrClFO2. The van der Waals surface area contributed by atoms with Crippen LogP contribution in [0.4, 0.5) is 4.39 Å². The minimum absolute atomic E-state index is 0.103. The summed E-state index contributed by atoms with van der Waals surface area (Å²) in [6.45, 7) is 0. The summed E-state index contributed by atoms with van der Waals surface area (Å²) in [4.78, 5) is 10.3. The monoisotopic (exact) mass is 252 g/mol. The molecule has 0 aromatic heterocycles. The van der Waals surface area contributed by atoms with Gasteiger partial charge in [-0.3, -0.25) is 4.79 Å². The minimum Gasteiger partial charge on any atom is -0.506 e. The molecule has 0 fully saturated rings. The molecule has 1 aromatic carbocycles. The van der Waals surface area contributed by atoms with Crippen molar-refractivity contribution < 1.29 is 14.3 Å². The van der Waals surface area contributed by atoms with Crippen LogP contribution in [0.2, 0.25) is 5.02 Å². The lowest BCUT2D eigenvalue weighted by molar-refractivity contribution is 0.112. The van der Waals surface area contributed by atoms with Crippen molar-refractivity contribution in [3.05, 3.63) is 26.9 Å². The number of benzene rings is 1. The third-order valence-corrected chi connectivity index (χ3v) is 2.29. The summed E-state index contributed by atoms with van der Waals surface area (Å²) in [7, 11) is 0. The Balaban J connectivity index is 3.52. The highest BCUT2D eigenvalue weighted by Gasteiger charge is 2.14. The topological polar surface area (TPSA) is 37.3 Å². The summed E-state index contributed by atoms with van der Waals surface area (Å²) >= 11 is 8.25. The fraction of sp³-hybridized carbons (Fsp3) is 0. The van der Waals surface area contributed by atoms with Gasteiger partial charge in [0.2, 0.25) is 0 Å². The molecule has 0 amide bonds. The predicted molar refractivity (Wildman–Crippen MR) is 46.2 cm³/mol. The van der Waals surface area contributed by atoms with Crippen LogP contribution >= 0.6 is 27.5 Å². The first-order valence-electron chi connectivity index (χ1n) is 2.89. The van der Waals surface area contributed by atoms with Crippen molar-refractivity contribution in [1.82, 2.24) is 0 Å². The van der Waals surface area contributed by atoms with E-state index in [-0.39, 0.29) is 20.8 Å². The van der Waals surface area contributed by atoms with Crippen molar-refractivity contribution in [2.75, 3.05) is 0 Å². The van der Waals surface area contributed by atoms with Gasteiger partial charge in [0.1, 0.15) is 11.6 Å². The van der Waals surface area contributed by atoms with Crippen LogP contribution < -0.4 is 0 Å². The van der Waals surface area contributed by atoms with Crippen LogP contribution in [-0.4, -0.2) is 11.4 Å². The molecular weight excluding hydrogens is 250 g/mol. The Bertz CT molecular complexity index is 314. The standard InChI is InChI=1S/C7H3BrClFO2/c8-4-1-5(10)6(9)3(2-11)7(4)12/h1-2,12H. The first-order valence-corrected chi connectivity index (χ1v) is 4.06. The zero-order valence-electron chi connectivity index (χ0n) is 5.64. The summed E-state index contributed by atoms with van der Waals surface area (Å²) in [5.74, 6) is -1.10. The number of phenolic OH excluding ortho intramolecular Hbond substituents is 1. The molecule has 0 saturated carbocycles. The fourth-order valence-corrected chi connectivity index (χ4v) is 1.31. The van der Waals surface area contributed by atoms with E-state index in [0.717, 1.165) is 6.07 Å². The van der Waals surface area contributed by atoms with E-state index >= 15 is 0 Å². The molecule has 1 aromatic rings. The quantitative estimate of drug-likeness (QED) is 0.617. The molecule has 0 aliphatic rings. The molecule has 0 atom stereocenters. The normalized spacial score (nSPS) is 9.92. The van der Waals surface area contributed by atoms with Crippen LogP contribution in [-0.2, 0) is 0 Å². The van der Waals surface area contributed by atoms with Gasteiger partial charge in [-0.25, -0.2) is 4.39 Å². The van der Waals surface area contributed by atoms with Gasteiger partial charge < -0.3 is 5.11 Å². The lowest BCUT2D eigenvalue weighted by Gasteiger charge is -2.02. The molecule has 12 heavy (non-hydrogen) atoms. The number of aromatic hydroxyl groups is 1. The van der Waals surface area contributed by atoms with Crippen molar-refractivity contribution in [3.8, 4) is 5.75 Å². The number of carbonyl (C=O) groups excluding carboxylic acids is 1. The van der Waals surface area contributed by atoms with Gasteiger partial charge in [0.25, 0.3) is 0 Å². The third kappa shape index (κ3) is 1.44. The maximum Gasteiger partial charge on any atom is 0.155 e. The SMILES string of the molecule is O=Cc1c(O)c(Br)cc(F)c1Cl. The average Bonchev–Trinajstić information content (AvgIpc) is 2.02. The van der Waals surface area contributed by atoms with E-state index in [9.17, 15) is 14.3 Å². The van der Waals surface area contributed by atoms with Crippen molar-refractivity contribution >= 4 is 33.8 Å². The van der Waals surface area contributed by atoms with Crippen LogP contribution in [0.5, 0.6) is 5.75 Å². The molecule has 0 aliphatic carbocycles. The molecule has 0 bridgehead atoms. The molecule has 0 heterocycles. The largest absolute Gasteiger partial charge is 0.506 e. The lowest BCUT2D eigenvalue weighted by Crippen LogP contribution is -1.88. The molecule has 0 aliphatic heterocycles. The number of hydrogen-bond donors (Lipinski definition) is 1. The Morgan fingerprint density at radius 1 is 1.67 bits per heavy atom. The third-order valence-electron chi connectivity index (χ3n) is 1.30. The number of rotatable bonds is 1. The highest BCUT2D eigenvalue weighted by molar-refractivity contribution is 9.10. The van der Waals surface area contributed by atoms with E-state index in [1.807, 2.05) is 0 Å². The van der Waals surface area contributed by atoms with Gasteiger partial charge in [-0.1, -0.05) is 11.6 Å². The van der Waals surface area contributed by atoms with Gasteiger partial charge >= 0.3 is 0 Å². The maximum atomic E-state index is 12.8. The van der Waals surface area contributed by atoms with Crippen LogP contribution in [0, 0.1) is 5.82 Å². The van der Waals surface area contributed by atoms with Gasteiger partial charge in [0.15, 0.2) is 6.29 Å². The second-order valence-corrected chi connectivity index (χ2v) is 3.27. The number of aldehydes is 1. The molecule has 1 rings (SSSR count). The van der Waals surface area contributed by atoms with E-state index in [1.165, 1.54) is 0 Å². The predicted octanol–water partition coefficient (Wildman–Crippen LogP) is 2.76. The molecule has 5 heteroatoms. The van der Waals surface area contributed by atoms with E-state index in [1.54, 1.807) is 0 Å². The summed E-state index contributed by atoms with van der Waals surface area (Å²) in [6, 6.07) is 0.991. The molecule has 1 N–H and O–H groups in total. The molecule has 0 unspecified atom stereocenters. The Labute approximate surface area is 81.1 Å². The number of halogens is 3. The van der Waals surface area contributed by atoms with Gasteiger partial charge in [-0.15, -0.1) is 0 Å². The Morgan fingerprint density at radius 3 is 2.75 bits per heavy atom. The van der Waals surface area contributed by atoms with E-state index in [0.29, 0.717) is 6.29 Å². The minimum atomic E-state index is -0.747. The summed E-state index contributed by atoms with van der Waals surface area (Å²) in [5, 5.41) is 8.80. The average molecular weight is 253 g/mol. The van der Waals surface area contributed by atoms with Gasteiger partial charge in [-0.05, 0) is 22.0 Å². The van der Waals surface area contributed by atoms with Crippen molar-refractivity contribution in [2.45, 2.75) is 0 Å². The number of hydrogen-bond acceptors (Lipinski definition) is 2. The van der Waals surface area contributed by atoms with Gasteiger partial charge in [-0.2, -0.15) is 0 Å². The summed E-state index contributed by atoms with van der Waals surface area (Å²) in [5.41, 5.74) is -0.247. The van der Waals surface area contributed by atoms with Crippen LogP contribution in [0.1, 0.15) is 10.4 Å². The Morgan fingerprint density at radius 2 is 2.25 bits per heavy atom. The molecule has 0 saturated heterocycles. The molecule has 0 spiro atoms. The first-order chi connectivity index (χ1) is 5.57. The van der Waals surface area contributed by atoms with E-state index < -0.39 is 5.82 Å². The highest BCUT2D eigenvalue weighted by Crippen LogP contribution is 2.33. The lowest BCUT2D eigenvalue weighted by atomic mass is 10.2. The molecule has 0 radical (unpaired) electrons. The Hall–Kier alpha value is -0.610. The fourth-order valence-electron chi connectivity index (χ4n) is 0.712. The summed E-state index contributed by atoms with van der Waals surface area (Å²) in [6.07, 6.45) is 0.297. The second-order valence-electron chi connectivity index (χ2n) is 2.03. The van der Waals surface area contributed by atoms with E-state index in [2.05, 4.69) is 15.9 Å². The van der Waals surface area contributed by atoms with Crippen molar-refractivity contribution in [1.29, 1.82) is 0 Å². The number of phenols is 1. The summed E-state index contributed by atoms with van der Waals surface area (Å²) < 4.78 is 12.9. The number of carbonyl (C=O) groups is 1. The van der Waals surface area contributed by atoms with Crippen LogP contribution in [0.3, 0.4) is 0 Å². The molecule has 2 nitrogen and oxygen atoms in total. The zero-order chi connectivity index (χ0) is 9.30. The molecule has 64 valence electrons. The first kappa shape index (κ1) is 9.48. The van der Waals surface area contributed by atoms with Crippen molar-refractivity contribution in [3.63, 3.8) is 0 Å². The Kier molecular flexibility index (Phi) is 2.69. The van der Waals surface area contributed by atoms with Gasteiger partial charge in [0, 0.05) is 0 Å². The maximum absolute atomic E-state index is 12.8. The van der Waals surface area contributed by atoms with Crippen molar-refractivity contribution in [2.24, 2.45) is 0 Å².